The summed E-state index contributed by atoms with van der Waals surface area (Å²) in [5, 5.41) is 9.22. The maximum atomic E-state index is 8.71. The van der Waals surface area contributed by atoms with Crippen LogP contribution in [0.5, 0.6) is 0 Å². The number of aromatic nitrogens is 1. The van der Waals surface area contributed by atoms with Crippen molar-refractivity contribution in [2.75, 3.05) is 19.0 Å². The highest BCUT2D eigenvalue weighted by Gasteiger charge is 2.08. The maximum Gasteiger partial charge on any atom is 0.147 e. The Morgan fingerprint density at radius 1 is 1.54 bits per heavy atom. The average Bonchev–Trinajstić information content (AvgIpc) is 2.07. The van der Waals surface area contributed by atoms with Crippen molar-refractivity contribution in [1.82, 2.24) is 4.98 Å². The van der Waals surface area contributed by atoms with Crippen LogP contribution < -0.4 is 4.90 Å². The van der Waals surface area contributed by atoms with Crippen molar-refractivity contribution >= 4 is 17.4 Å². The number of nitriles is 1. The van der Waals surface area contributed by atoms with Crippen molar-refractivity contribution in [1.29, 1.82) is 5.26 Å². The lowest BCUT2D eigenvalue weighted by atomic mass is 10.2. The molecule has 1 aromatic rings. The van der Waals surface area contributed by atoms with Gasteiger partial charge in [0.05, 0.1) is 16.3 Å². The topological polar surface area (TPSA) is 39.9 Å². The summed E-state index contributed by atoms with van der Waals surface area (Å²) in [6.07, 6.45) is 0. The highest BCUT2D eigenvalue weighted by molar-refractivity contribution is 6.33. The van der Waals surface area contributed by atoms with Gasteiger partial charge in [0.25, 0.3) is 0 Å². The van der Waals surface area contributed by atoms with E-state index < -0.39 is 0 Å². The lowest BCUT2D eigenvalue weighted by molar-refractivity contribution is 1.04. The third-order valence-electron chi connectivity index (χ3n) is 1.69. The summed E-state index contributed by atoms with van der Waals surface area (Å²) in [5.74, 6) is 0.693. The Labute approximate surface area is 82.6 Å². The molecule has 13 heavy (non-hydrogen) atoms. The molecular formula is C9H10ClN3. The van der Waals surface area contributed by atoms with Gasteiger partial charge in [0.15, 0.2) is 0 Å². The van der Waals surface area contributed by atoms with Crippen molar-refractivity contribution in [2.24, 2.45) is 0 Å². The molecule has 0 aromatic carbocycles. The Morgan fingerprint density at radius 2 is 2.15 bits per heavy atom. The van der Waals surface area contributed by atoms with Crippen molar-refractivity contribution < 1.29 is 0 Å². The first-order valence-corrected chi connectivity index (χ1v) is 4.18. The number of aryl methyl sites for hydroxylation is 1. The molecule has 1 rings (SSSR count). The first-order valence-electron chi connectivity index (χ1n) is 3.81. The van der Waals surface area contributed by atoms with Gasteiger partial charge in [-0.25, -0.2) is 4.98 Å². The fourth-order valence-corrected chi connectivity index (χ4v) is 1.32. The predicted octanol–water partition coefficient (Wildman–Crippen LogP) is 1.98. The maximum absolute atomic E-state index is 8.71. The second-order valence-corrected chi connectivity index (χ2v) is 3.34. The van der Waals surface area contributed by atoms with E-state index in [4.69, 9.17) is 16.9 Å². The van der Waals surface area contributed by atoms with Crippen LogP contribution in [0.3, 0.4) is 0 Å². The Balaban J connectivity index is 3.31. The Morgan fingerprint density at radius 3 is 2.62 bits per heavy atom. The van der Waals surface area contributed by atoms with Gasteiger partial charge in [0, 0.05) is 14.1 Å². The fraction of sp³-hybridized carbons (Fsp3) is 0.333. The minimum absolute atomic E-state index is 0.507. The second-order valence-electron chi connectivity index (χ2n) is 2.93. The van der Waals surface area contributed by atoms with E-state index in [1.807, 2.05) is 25.1 Å². The molecule has 0 aliphatic rings. The van der Waals surface area contributed by atoms with Crippen LogP contribution in [0.25, 0.3) is 0 Å². The minimum Gasteiger partial charge on any atom is -0.362 e. The fourth-order valence-electron chi connectivity index (χ4n) is 0.995. The summed E-state index contributed by atoms with van der Waals surface area (Å²) in [6, 6.07) is 3.67. The molecule has 0 atom stereocenters. The summed E-state index contributed by atoms with van der Waals surface area (Å²) >= 11 is 5.92. The first kappa shape index (κ1) is 9.82. The zero-order valence-electron chi connectivity index (χ0n) is 7.80. The molecule has 1 heterocycles. The number of nitrogens with zero attached hydrogens (tertiary/aromatic N) is 3. The van der Waals surface area contributed by atoms with Crippen molar-refractivity contribution in [3.8, 4) is 6.07 Å². The molecule has 0 unspecified atom stereocenters. The molecule has 0 aliphatic carbocycles. The van der Waals surface area contributed by atoms with Crippen LogP contribution >= 0.6 is 11.6 Å². The smallest absolute Gasteiger partial charge is 0.147 e. The summed E-state index contributed by atoms with van der Waals surface area (Å²) in [6.45, 7) is 1.79. The van der Waals surface area contributed by atoms with Crippen molar-refractivity contribution in [3.63, 3.8) is 0 Å². The molecule has 1 aromatic heterocycles. The van der Waals surface area contributed by atoms with Gasteiger partial charge in [0.2, 0.25) is 0 Å². The summed E-state index contributed by atoms with van der Waals surface area (Å²) < 4.78 is 0. The lowest BCUT2D eigenvalue weighted by Gasteiger charge is -2.13. The summed E-state index contributed by atoms with van der Waals surface area (Å²) in [5.41, 5.74) is 1.23. The molecule has 0 amide bonds. The van der Waals surface area contributed by atoms with Gasteiger partial charge in [-0.15, -0.1) is 0 Å². The quantitative estimate of drug-likeness (QED) is 0.688. The van der Waals surface area contributed by atoms with Crippen LogP contribution in [0.2, 0.25) is 5.02 Å². The van der Waals surface area contributed by atoms with Gasteiger partial charge in [0.1, 0.15) is 11.9 Å². The largest absolute Gasteiger partial charge is 0.362 e. The molecule has 0 radical (unpaired) electrons. The number of hydrogen-bond donors (Lipinski definition) is 0. The van der Waals surface area contributed by atoms with Crippen LogP contribution in [0.4, 0.5) is 5.82 Å². The van der Waals surface area contributed by atoms with Gasteiger partial charge >= 0.3 is 0 Å². The van der Waals surface area contributed by atoms with Crippen LogP contribution in [0, 0.1) is 18.3 Å². The van der Waals surface area contributed by atoms with Crippen LogP contribution in [0.1, 0.15) is 11.3 Å². The van der Waals surface area contributed by atoms with Crippen LogP contribution in [-0.4, -0.2) is 19.1 Å². The molecule has 0 saturated heterocycles. The van der Waals surface area contributed by atoms with Crippen LogP contribution in [0.15, 0.2) is 6.07 Å². The molecule has 3 nitrogen and oxygen atoms in total. The summed E-state index contributed by atoms with van der Waals surface area (Å²) in [7, 11) is 3.72. The van der Waals surface area contributed by atoms with E-state index in [1.165, 1.54) is 0 Å². The van der Waals surface area contributed by atoms with Gasteiger partial charge in [-0.05, 0) is 13.0 Å². The number of anilines is 1. The molecule has 0 aliphatic heterocycles. The predicted molar refractivity (Wildman–Crippen MR) is 53.0 cm³/mol. The average molecular weight is 196 g/mol. The molecule has 0 saturated carbocycles. The molecule has 0 bridgehead atoms. The number of halogens is 1. The Hall–Kier alpha value is -1.27. The second kappa shape index (κ2) is 3.63. The molecule has 68 valence electrons. The van der Waals surface area contributed by atoms with Gasteiger partial charge < -0.3 is 4.90 Å². The van der Waals surface area contributed by atoms with E-state index in [0.29, 0.717) is 22.1 Å². The Kier molecular flexibility index (Phi) is 2.74. The van der Waals surface area contributed by atoms with E-state index in [9.17, 15) is 0 Å². The van der Waals surface area contributed by atoms with Crippen molar-refractivity contribution in [2.45, 2.75) is 6.92 Å². The van der Waals surface area contributed by atoms with Crippen molar-refractivity contribution in [3.05, 3.63) is 22.3 Å². The molecule has 0 spiro atoms. The highest BCUT2D eigenvalue weighted by atomic mass is 35.5. The van der Waals surface area contributed by atoms with Crippen LogP contribution in [-0.2, 0) is 0 Å². The molecule has 4 heteroatoms. The number of hydrogen-bond acceptors (Lipinski definition) is 3. The van der Waals surface area contributed by atoms with Gasteiger partial charge in [-0.3, -0.25) is 0 Å². The number of rotatable bonds is 1. The van der Waals surface area contributed by atoms with E-state index in [2.05, 4.69) is 4.98 Å². The summed E-state index contributed by atoms with van der Waals surface area (Å²) in [4.78, 5) is 6.03. The zero-order chi connectivity index (χ0) is 10.0. The number of pyridine rings is 1. The molecule has 0 N–H and O–H groups in total. The van der Waals surface area contributed by atoms with E-state index in [0.717, 1.165) is 0 Å². The molecular weight excluding hydrogens is 186 g/mol. The normalized spacial score (nSPS) is 9.46. The van der Waals surface area contributed by atoms with Gasteiger partial charge in [-0.1, -0.05) is 11.6 Å². The minimum atomic E-state index is 0.507. The Bertz CT molecular complexity index is 366. The van der Waals surface area contributed by atoms with E-state index >= 15 is 0 Å². The highest BCUT2D eigenvalue weighted by Crippen LogP contribution is 2.23. The standard InChI is InChI=1S/C9H10ClN3/c1-6-7(5-11)4-8(10)9(12-6)13(2)3/h4H,1-3H3. The van der Waals surface area contributed by atoms with E-state index in [1.54, 1.807) is 13.0 Å². The first-order chi connectivity index (χ1) is 6.06. The monoisotopic (exact) mass is 195 g/mol. The SMILES string of the molecule is Cc1nc(N(C)C)c(Cl)cc1C#N. The lowest BCUT2D eigenvalue weighted by Crippen LogP contribution is -2.12. The van der Waals surface area contributed by atoms with E-state index in [-0.39, 0.29) is 0 Å². The van der Waals surface area contributed by atoms with Gasteiger partial charge in [-0.2, -0.15) is 5.26 Å². The zero-order valence-corrected chi connectivity index (χ0v) is 8.55. The third-order valence-corrected chi connectivity index (χ3v) is 1.97. The molecule has 0 fully saturated rings. The third kappa shape index (κ3) is 1.90.